The summed E-state index contributed by atoms with van der Waals surface area (Å²) in [5, 5.41) is 0.835. The van der Waals surface area contributed by atoms with E-state index in [9.17, 15) is 4.79 Å². The van der Waals surface area contributed by atoms with Crippen LogP contribution in [0.1, 0.15) is 31.7 Å². The van der Waals surface area contributed by atoms with Crippen molar-refractivity contribution in [3.8, 4) is 0 Å². The standard InChI is InChI=1S/C17H20N2OS/c1-3-19(16(20)13-9-5-4-6-10-13)17-18-15-12(2)8-7-11-14(15)21-17/h4-5,7-8,11,13H,3,6,9-10H2,1-2H3. The van der Waals surface area contributed by atoms with Crippen molar-refractivity contribution in [1.29, 1.82) is 0 Å². The molecular weight excluding hydrogens is 280 g/mol. The number of fused-ring (bicyclic) bond motifs is 1. The Balaban J connectivity index is 1.92. The molecule has 1 aliphatic rings. The number of hydrogen-bond donors (Lipinski definition) is 0. The Kier molecular flexibility index (Phi) is 4.06. The predicted molar refractivity (Wildman–Crippen MR) is 88.9 cm³/mol. The first-order valence-electron chi connectivity index (χ1n) is 7.53. The Labute approximate surface area is 129 Å². The highest BCUT2D eigenvalue weighted by molar-refractivity contribution is 7.22. The van der Waals surface area contributed by atoms with E-state index in [4.69, 9.17) is 4.98 Å². The second kappa shape index (κ2) is 5.98. The Morgan fingerprint density at radius 2 is 2.29 bits per heavy atom. The fourth-order valence-electron chi connectivity index (χ4n) is 2.81. The van der Waals surface area contributed by atoms with E-state index in [1.807, 2.05) is 17.9 Å². The van der Waals surface area contributed by atoms with Crippen molar-refractivity contribution in [2.75, 3.05) is 11.4 Å². The zero-order valence-corrected chi connectivity index (χ0v) is 13.3. The highest BCUT2D eigenvalue weighted by atomic mass is 32.1. The molecule has 0 saturated heterocycles. The molecule has 0 radical (unpaired) electrons. The number of nitrogens with zero attached hydrogens (tertiary/aromatic N) is 2. The van der Waals surface area contributed by atoms with Gasteiger partial charge in [-0.1, -0.05) is 35.6 Å². The number of hydrogen-bond acceptors (Lipinski definition) is 3. The molecule has 3 rings (SSSR count). The average Bonchev–Trinajstić information content (AvgIpc) is 2.94. The van der Waals surface area contributed by atoms with Gasteiger partial charge in [-0.15, -0.1) is 0 Å². The molecule has 0 saturated carbocycles. The molecule has 110 valence electrons. The van der Waals surface area contributed by atoms with Gasteiger partial charge < -0.3 is 0 Å². The summed E-state index contributed by atoms with van der Waals surface area (Å²) in [6.45, 7) is 4.77. The minimum Gasteiger partial charge on any atom is -0.288 e. The second-order valence-corrected chi connectivity index (χ2v) is 6.49. The fourth-order valence-corrected chi connectivity index (χ4v) is 3.93. The highest BCUT2D eigenvalue weighted by Gasteiger charge is 2.26. The van der Waals surface area contributed by atoms with Gasteiger partial charge in [0.15, 0.2) is 5.13 Å². The molecule has 0 N–H and O–H groups in total. The first-order valence-corrected chi connectivity index (χ1v) is 8.35. The summed E-state index contributed by atoms with van der Waals surface area (Å²) in [4.78, 5) is 19.3. The number of benzene rings is 1. The molecule has 0 spiro atoms. The number of carbonyl (C=O) groups is 1. The molecule has 1 aromatic carbocycles. The Morgan fingerprint density at radius 1 is 1.43 bits per heavy atom. The maximum atomic E-state index is 12.8. The molecule has 0 fully saturated rings. The molecule has 4 heteroatoms. The maximum absolute atomic E-state index is 12.8. The Bertz CT molecular complexity index is 689. The third kappa shape index (κ3) is 2.72. The summed E-state index contributed by atoms with van der Waals surface area (Å²) in [5.41, 5.74) is 2.19. The normalized spacial score (nSPS) is 18.1. The summed E-state index contributed by atoms with van der Waals surface area (Å²) in [6.07, 6.45) is 7.12. The molecule has 0 aliphatic heterocycles. The van der Waals surface area contributed by atoms with E-state index in [0.717, 1.165) is 34.6 Å². The van der Waals surface area contributed by atoms with E-state index >= 15 is 0 Å². The minimum absolute atomic E-state index is 0.114. The van der Waals surface area contributed by atoms with Gasteiger partial charge in [0.05, 0.1) is 10.2 Å². The zero-order valence-electron chi connectivity index (χ0n) is 12.5. The molecule has 1 heterocycles. The lowest BCUT2D eigenvalue weighted by Crippen LogP contribution is -2.36. The van der Waals surface area contributed by atoms with Crippen LogP contribution in [-0.2, 0) is 4.79 Å². The number of anilines is 1. The number of aromatic nitrogens is 1. The lowest BCUT2D eigenvalue weighted by Gasteiger charge is -2.24. The van der Waals surface area contributed by atoms with Crippen LogP contribution in [0.25, 0.3) is 10.2 Å². The van der Waals surface area contributed by atoms with Crippen LogP contribution < -0.4 is 4.90 Å². The lowest BCUT2D eigenvalue weighted by molar-refractivity contribution is -0.122. The van der Waals surface area contributed by atoms with Crippen molar-refractivity contribution in [3.05, 3.63) is 35.9 Å². The van der Waals surface area contributed by atoms with E-state index in [2.05, 4.69) is 31.2 Å². The van der Waals surface area contributed by atoms with Gasteiger partial charge in [0.2, 0.25) is 5.91 Å². The monoisotopic (exact) mass is 300 g/mol. The second-order valence-electron chi connectivity index (χ2n) is 5.48. The van der Waals surface area contributed by atoms with E-state index in [1.165, 1.54) is 5.56 Å². The van der Waals surface area contributed by atoms with Gasteiger partial charge in [0.25, 0.3) is 0 Å². The summed E-state index contributed by atoms with van der Waals surface area (Å²) < 4.78 is 1.15. The third-order valence-corrected chi connectivity index (χ3v) is 5.08. The number of para-hydroxylation sites is 1. The number of aryl methyl sites for hydroxylation is 1. The summed E-state index contributed by atoms with van der Waals surface area (Å²) >= 11 is 1.61. The molecule has 2 aromatic rings. The quantitative estimate of drug-likeness (QED) is 0.791. The van der Waals surface area contributed by atoms with Gasteiger partial charge >= 0.3 is 0 Å². The maximum Gasteiger partial charge on any atom is 0.232 e. The van der Waals surface area contributed by atoms with Gasteiger partial charge in [0, 0.05) is 12.5 Å². The van der Waals surface area contributed by atoms with Crippen molar-refractivity contribution in [2.45, 2.75) is 33.1 Å². The number of thiazole rings is 1. The molecule has 3 nitrogen and oxygen atoms in total. The summed E-state index contributed by atoms with van der Waals surface area (Å²) in [5.74, 6) is 0.335. The van der Waals surface area contributed by atoms with Crippen LogP contribution in [0.4, 0.5) is 5.13 Å². The largest absolute Gasteiger partial charge is 0.288 e. The van der Waals surface area contributed by atoms with Crippen molar-refractivity contribution in [3.63, 3.8) is 0 Å². The highest BCUT2D eigenvalue weighted by Crippen LogP contribution is 2.32. The lowest BCUT2D eigenvalue weighted by atomic mass is 9.93. The van der Waals surface area contributed by atoms with Crippen molar-refractivity contribution >= 4 is 32.6 Å². The topological polar surface area (TPSA) is 33.2 Å². The van der Waals surface area contributed by atoms with Crippen molar-refractivity contribution in [1.82, 2.24) is 4.98 Å². The smallest absolute Gasteiger partial charge is 0.232 e. The summed E-state index contributed by atoms with van der Waals surface area (Å²) in [6, 6.07) is 6.19. The Morgan fingerprint density at radius 3 is 2.95 bits per heavy atom. The SMILES string of the molecule is CCN(C(=O)C1CC=CCC1)c1nc2c(C)cccc2s1. The van der Waals surface area contributed by atoms with E-state index in [-0.39, 0.29) is 11.8 Å². The van der Waals surface area contributed by atoms with Crippen molar-refractivity contribution < 1.29 is 4.79 Å². The first-order chi connectivity index (χ1) is 10.2. The molecule has 1 aliphatic carbocycles. The van der Waals surface area contributed by atoms with Crippen LogP contribution in [0.15, 0.2) is 30.4 Å². The molecule has 1 unspecified atom stereocenters. The molecule has 1 aromatic heterocycles. The van der Waals surface area contributed by atoms with Gasteiger partial charge in [-0.05, 0) is 44.7 Å². The first kappa shape index (κ1) is 14.3. The van der Waals surface area contributed by atoms with Gasteiger partial charge in [0.1, 0.15) is 0 Å². The molecule has 0 bridgehead atoms. The fraction of sp³-hybridized carbons (Fsp3) is 0.412. The number of rotatable bonds is 3. The molecule has 1 atom stereocenters. The Hall–Kier alpha value is -1.68. The average molecular weight is 300 g/mol. The van der Waals surface area contributed by atoms with Crippen molar-refractivity contribution in [2.24, 2.45) is 5.92 Å². The van der Waals surface area contributed by atoms with Crippen LogP contribution in [0.5, 0.6) is 0 Å². The van der Waals surface area contributed by atoms with Crippen LogP contribution in [0.2, 0.25) is 0 Å². The van der Waals surface area contributed by atoms with Crippen LogP contribution >= 0.6 is 11.3 Å². The van der Waals surface area contributed by atoms with E-state index in [0.29, 0.717) is 6.54 Å². The number of amides is 1. The number of allylic oxidation sites excluding steroid dienone is 2. The van der Waals surface area contributed by atoms with Gasteiger partial charge in [-0.2, -0.15) is 0 Å². The third-order valence-electron chi connectivity index (χ3n) is 4.04. The molecule has 1 amide bonds. The van der Waals surface area contributed by atoms with Crippen LogP contribution in [0.3, 0.4) is 0 Å². The van der Waals surface area contributed by atoms with E-state index in [1.54, 1.807) is 11.3 Å². The summed E-state index contributed by atoms with van der Waals surface area (Å²) in [7, 11) is 0. The molecule has 21 heavy (non-hydrogen) atoms. The zero-order chi connectivity index (χ0) is 14.8. The van der Waals surface area contributed by atoms with Gasteiger partial charge in [-0.25, -0.2) is 4.98 Å². The van der Waals surface area contributed by atoms with Crippen LogP contribution in [0, 0.1) is 12.8 Å². The van der Waals surface area contributed by atoms with Crippen LogP contribution in [-0.4, -0.2) is 17.4 Å². The minimum atomic E-state index is 0.114. The van der Waals surface area contributed by atoms with Gasteiger partial charge in [-0.3, -0.25) is 9.69 Å². The predicted octanol–water partition coefficient (Wildman–Crippen LogP) is 4.31. The molecular formula is C17H20N2OS. The number of carbonyl (C=O) groups excluding carboxylic acids is 1. The van der Waals surface area contributed by atoms with E-state index < -0.39 is 0 Å².